The van der Waals surface area contributed by atoms with Crippen LogP contribution in [0.4, 0.5) is 0 Å². The zero-order chi connectivity index (χ0) is 16.4. The number of rotatable bonds is 4. The van der Waals surface area contributed by atoms with Gasteiger partial charge in [-0.3, -0.25) is 14.4 Å². The lowest BCUT2D eigenvalue weighted by molar-refractivity contribution is -0.137. The zero-order valence-corrected chi connectivity index (χ0v) is 12.3. The van der Waals surface area contributed by atoms with Gasteiger partial charge in [-0.15, -0.1) is 0 Å². The highest BCUT2D eigenvalue weighted by Crippen LogP contribution is 2.22. The van der Waals surface area contributed by atoms with E-state index >= 15 is 0 Å². The van der Waals surface area contributed by atoms with Gasteiger partial charge in [-0.05, 0) is 37.1 Å². The Morgan fingerprint density at radius 3 is 2.83 bits per heavy atom. The number of H-pyrrole nitrogens is 1. The Bertz CT molecular complexity index is 778. The van der Waals surface area contributed by atoms with E-state index in [1.165, 1.54) is 17.2 Å². The zero-order valence-electron chi connectivity index (χ0n) is 12.3. The van der Waals surface area contributed by atoms with Crippen LogP contribution in [0.2, 0.25) is 0 Å². The van der Waals surface area contributed by atoms with Gasteiger partial charge in [0.25, 0.3) is 11.5 Å². The number of carbonyl (C=O) groups excluding carboxylic acids is 1. The number of amides is 1. The fraction of sp³-hybridized carbons (Fsp3) is 0.312. The van der Waals surface area contributed by atoms with E-state index in [-0.39, 0.29) is 18.0 Å². The molecule has 0 aliphatic carbocycles. The van der Waals surface area contributed by atoms with E-state index in [0.717, 1.165) is 6.42 Å². The molecule has 1 amide bonds. The Labute approximate surface area is 131 Å². The van der Waals surface area contributed by atoms with Crippen LogP contribution in [-0.4, -0.2) is 39.5 Å². The monoisotopic (exact) mass is 316 g/mol. The normalized spacial score (nSPS) is 17.4. The van der Waals surface area contributed by atoms with Gasteiger partial charge >= 0.3 is 5.97 Å². The largest absolute Gasteiger partial charge is 0.481 e. The number of carbonyl (C=O) groups is 2. The SMILES string of the molecule is O=C(O)CC1CCCN1C(=O)c1ccc(-c2ccco2)[nH]c1=O. The average molecular weight is 316 g/mol. The first-order chi connectivity index (χ1) is 11.1. The highest BCUT2D eigenvalue weighted by molar-refractivity contribution is 5.94. The second-order valence-electron chi connectivity index (χ2n) is 5.48. The summed E-state index contributed by atoms with van der Waals surface area (Å²) in [5.41, 5.74) is -0.0115. The van der Waals surface area contributed by atoms with E-state index in [9.17, 15) is 14.4 Å². The molecule has 2 N–H and O–H groups in total. The molecular formula is C16H16N2O5. The molecule has 2 aromatic rings. The summed E-state index contributed by atoms with van der Waals surface area (Å²) in [6, 6.07) is 6.11. The summed E-state index contributed by atoms with van der Waals surface area (Å²) in [7, 11) is 0. The van der Waals surface area contributed by atoms with E-state index in [1.807, 2.05) is 0 Å². The number of likely N-dealkylation sites (tertiary alicyclic amines) is 1. The second-order valence-corrected chi connectivity index (χ2v) is 5.48. The molecule has 0 radical (unpaired) electrons. The summed E-state index contributed by atoms with van der Waals surface area (Å²) in [4.78, 5) is 39.7. The molecule has 1 aliphatic rings. The number of furan rings is 1. The first-order valence-electron chi connectivity index (χ1n) is 7.36. The third-order valence-corrected chi connectivity index (χ3v) is 3.97. The van der Waals surface area contributed by atoms with Crippen molar-refractivity contribution in [2.75, 3.05) is 6.54 Å². The topological polar surface area (TPSA) is 104 Å². The number of aromatic amines is 1. The van der Waals surface area contributed by atoms with Crippen molar-refractivity contribution in [3.8, 4) is 11.5 Å². The molecule has 0 spiro atoms. The van der Waals surface area contributed by atoms with Gasteiger partial charge in [0.05, 0.1) is 18.4 Å². The average Bonchev–Trinajstić information content (AvgIpc) is 3.17. The number of carboxylic acids is 1. The molecule has 1 fully saturated rings. The third-order valence-electron chi connectivity index (χ3n) is 3.97. The van der Waals surface area contributed by atoms with Crippen molar-refractivity contribution >= 4 is 11.9 Å². The molecule has 120 valence electrons. The Morgan fingerprint density at radius 1 is 1.35 bits per heavy atom. The maximum absolute atomic E-state index is 12.5. The number of carboxylic acid groups (broad SMARTS) is 1. The quantitative estimate of drug-likeness (QED) is 0.893. The molecule has 3 heterocycles. The third kappa shape index (κ3) is 3.03. The maximum atomic E-state index is 12.5. The van der Waals surface area contributed by atoms with Crippen molar-refractivity contribution in [3.05, 3.63) is 46.4 Å². The van der Waals surface area contributed by atoms with Gasteiger partial charge < -0.3 is 19.4 Å². The Hall–Kier alpha value is -2.83. The number of aromatic nitrogens is 1. The Kier molecular flexibility index (Phi) is 4.01. The molecule has 0 aromatic carbocycles. The van der Waals surface area contributed by atoms with Crippen molar-refractivity contribution in [2.45, 2.75) is 25.3 Å². The number of hydrogen-bond acceptors (Lipinski definition) is 4. The van der Waals surface area contributed by atoms with E-state index in [0.29, 0.717) is 24.4 Å². The highest BCUT2D eigenvalue weighted by Gasteiger charge is 2.32. The molecule has 3 rings (SSSR count). The summed E-state index contributed by atoms with van der Waals surface area (Å²) in [6.07, 6.45) is 2.77. The molecule has 23 heavy (non-hydrogen) atoms. The Balaban J connectivity index is 1.85. The summed E-state index contributed by atoms with van der Waals surface area (Å²) < 4.78 is 5.20. The lowest BCUT2D eigenvalue weighted by atomic mass is 10.1. The molecule has 1 aliphatic heterocycles. The van der Waals surface area contributed by atoms with E-state index in [4.69, 9.17) is 9.52 Å². The molecule has 1 atom stereocenters. The smallest absolute Gasteiger partial charge is 0.305 e. The molecule has 2 aromatic heterocycles. The minimum absolute atomic E-state index is 0.0117. The lowest BCUT2D eigenvalue weighted by Gasteiger charge is -2.23. The van der Waals surface area contributed by atoms with E-state index in [2.05, 4.69) is 4.98 Å². The molecule has 0 saturated carbocycles. The predicted molar refractivity (Wildman–Crippen MR) is 81.1 cm³/mol. The molecular weight excluding hydrogens is 300 g/mol. The fourth-order valence-electron chi connectivity index (χ4n) is 2.89. The standard InChI is InChI=1S/C16H16N2O5/c19-14(20)9-10-3-1-7-18(10)16(22)11-5-6-12(17-15(11)21)13-4-2-8-23-13/h2,4-6,8,10H,1,3,7,9H2,(H,17,21)(H,19,20). The summed E-state index contributed by atoms with van der Waals surface area (Å²) in [5.74, 6) is -0.871. The van der Waals surface area contributed by atoms with Crippen molar-refractivity contribution < 1.29 is 19.1 Å². The van der Waals surface area contributed by atoms with Gasteiger partial charge in [0, 0.05) is 12.6 Å². The van der Waals surface area contributed by atoms with Gasteiger partial charge in [-0.2, -0.15) is 0 Å². The van der Waals surface area contributed by atoms with E-state index in [1.54, 1.807) is 18.2 Å². The van der Waals surface area contributed by atoms with Crippen LogP contribution in [0.3, 0.4) is 0 Å². The van der Waals surface area contributed by atoms with Crippen molar-refractivity contribution in [1.29, 1.82) is 0 Å². The first-order valence-corrected chi connectivity index (χ1v) is 7.36. The lowest BCUT2D eigenvalue weighted by Crippen LogP contribution is -2.39. The number of pyridine rings is 1. The van der Waals surface area contributed by atoms with Crippen LogP contribution in [-0.2, 0) is 4.79 Å². The number of aliphatic carboxylic acids is 1. The van der Waals surface area contributed by atoms with Gasteiger partial charge in [-0.1, -0.05) is 0 Å². The van der Waals surface area contributed by atoms with Crippen LogP contribution < -0.4 is 5.56 Å². The molecule has 7 heteroatoms. The number of nitrogens with one attached hydrogen (secondary N) is 1. The highest BCUT2D eigenvalue weighted by atomic mass is 16.4. The molecule has 1 saturated heterocycles. The minimum atomic E-state index is -0.947. The van der Waals surface area contributed by atoms with Crippen molar-refractivity contribution in [2.24, 2.45) is 0 Å². The van der Waals surface area contributed by atoms with Crippen LogP contribution in [0.25, 0.3) is 11.5 Å². The summed E-state index contributed by atoms with van der Waals surface area (Å²) in [5, 5.41) is 8.92. The van der Waals surface area contributed by atoms with Crippen LogP contribution in [0.5, 0.6) is 0 Å². The van der Waals surface area contributed by atoms with Crippen molar-refractivity contribution in [3.63, 3.8) is 0 Å². The Morgan fingerprint density at radius 2 is 2.17 bits per heavy atom. The van der Waals surface area contributed by atoms with Crippen molar-refractivity contribution in [1.82, 2.24) is 9.88 Å². The van der Waals surface area contributed by atoms with Crippen LogP contribution in [0.1, 0.15) is 29.6 Å². The fourth-order valence-corrected chi connectivity index (χ4v) is 2.89. The van der Waals surface area contributed by atoms with Gasteiger partial charge in [-0.25, -0.2) is 0 Å². The molecule has 1 unspecified atom stereocenters. The maximum Gasteiger partial charge on any atom is 0.305 e. The molecule has 7 nitrogen and oxygen atoms in total. The minimum Gasteiger partial charge on any atom is -0.481 e. The van der Waals surface area contributed by atoms with Crippen LogP contribution >= 0.6 is 0 Å². The van der Waals surface area contributed by atoms with Crippen LogP contribution in [0, 0.1) is 0 Å². The van der Waals surface area contributed by atoms with Gasteiger partial charge in [0.2, 0.25) is 0 Å². The number of nitrogens with zero attached hydrogens (tertiary/aromatic N) is 1. The summed E-state index contributed by atoms with van der Waals surface area (Å²) in [6.45, 7) is 0.468. The first kappa shape index (κ1) is 15.1. The number of hydrogen-bond donors (Lipinski definition) is 2. The molecule has 0 bridgehead atoms. The van der Waals surface area contributed by atoms with Gasteiger partial charge in [0.15, 0.2) is 0 Å². The second kappa shape index (κ2) is 6.12. The van der Waals surface area contributed by atoms with Gasteiger partial charge in [0.1, 0.15) is 11.3 Å². The predicted octanol–water partition coefficient (Wildman–Crippen LogP) is 1.71. The summed E-state index contributed by atoms with van der Waals surface area (Å²) >= 11 is 0. The van der Waals surface area contributed by atoms with E-state index < -0.39 is 17.4 Å². The van der Waals surface area contributed by atoms with Crippen LogP contribution in [0.15, 0.2) is 39.7 Å².